The molecule has 2 rings (SSSR count). The van der Waals surface area contributed by atoms with Gasteiger partial charge in [-0.2, -0.15) is 0 Å². The zero-order valence-corrected chi connectivity index (χ0v) is 17.8. The molecule has 26 heavy (non-hydrogen) atoms. The molecular weight excluding hydrogens is 366 g/mol. The minimum Gasteiger partial charge on any atom is -0.331 e. The van der Waals surface area contributed by atoms with Crippen molar-refractivity contribution in [2.45, 2.75) is 27.7 Å². The maximum atomic E-state index is 5.72. The van der Waals surface area contributed by atoms with Gasteiger partial charge in [-0.25, -0.2) is 0 Å². The maximum Gasteiger partial charge on any atom is 0.205 e. The van der Waals surface area contributed by atoms with Gasteiger partial charge in [-0.05, 0) is 63.1 Å². The highest BCUT2D eigenvalue weighted by atomic mass is 31.2. The molecular formula is C20H28O4P2. The molecule has 0 heterocycles. The van der Waals surface area contributed by atoms with Crippen molar-refractivity contribution in [3.63, 3.8) is 0 Å². The molecule has 0 radical (unpaired) electrons. The first kappa shape index (κ1) is 21.4. The third kappa shape index (κ3) is 6.09. The van der Waals surface area contributed by atoms with Crippen molar-refractivity contribution in [2.75, 3.05) is 26.4 Å². The van der Waals surface area contributed by atoms with Crippen molar-refractivity contribution < 1.29 is 18.1 Å². The minimum atomic E-state index is -0.990. The van der Waals surface area contributed by atoms with Crippen LogP contribution in [0.2, 0.25) is 0 Å². The van der Waals surface area contributed by atoms with Crippen molar-refractivity contribution in [1.82, 2.24) is 0 Å². The van der Waals surface area contributed by atoms with Gasteiger partial charge in [-0.3, -0.25) is 0 Å². The van der Waals surface area contributed by atoms with Crippen LogP contribution < -0.4 is 10.6 Å². The van der Waals surface area contributed by atoms with E-state index in [9.17, 15) is 0 Å². The smallest absolute Gasteiger partial charge is 0.205 e. The van der Waals surface area contributed by atoms with Crippen LogP contribution in [0.25, 0.3) is 11.1 Å². The lowest BCUT2D eigenvalue weighted by Crippen LogP contribution is -2.06. The van der Waals surface area contributed by atoms with Crippen LogP contribution in [0.3, 0.4) is 0 Å². The third-order valence-electron chi connectivity index (χ3n) is 3.47. The average Bonchev–Trinajstić information content (AvgIpc) is 2.68. The van der Waals surface area contributed by atoms with Crippen molar-refractivity contribution >= 4 is 27.4 Å². The van der Waals surface area contributed by atoms with Crippen LogP contribution in [0.1, 0.15) is 27.7 Å². The highest BCUT2D eigenvalue weighted by Crippen LogP contribution is 2.38. The largest absolute Gasteiger partial charge is 0.331 e. The van der Waals surface area contributed by atoms with Gasteiger partial charge in [0.05, 0.1) is 26.4 Å². The first-order valence-corrected chi connectivity index (χ1v) is 11.4. The van der Waals surface area contributed by atoms with Crippen LogP contribution in [-0.4, -0.2) is 26.4 Å². The van der Waals surface area contributed by atoms with Gasteiger partial charge in [0.1, 0.15) is 0 Å². The van der Waals surface area contributed by atoms with Gasteiger partial charge in [0.2, 0.25) is 16.8 Å². The second kappa shape index (κ2) is 11.8. The standard InChI is InChI=1S/C20H28O4P2/c1-5-21-25(22-6-2)19-13-9-17(10-14-19)18-11-15-20(16-12-18)26(23-7-3)24-8-4/h9-16H,5-8H2,1-4H3. The summed E-state index contributed by atoms with van der Waals surface area (Å²) in [5.74, 6) is 0. The molecule has 142 valence electrons. The molecule has 0 aromatic heterocycles. The summed E-state index contributed by atoms with van der Waals surface area (Å²) in [7, 11) is -1.98. The Morgan fingerprint density at radius 2 is 0.769 bits per heavy atom. The first-order chi connectivity index (χ1) is 12.7. The summed E-state index contributed by atoms with van der Waals surface area (Å²) < 4.78 is 22.9. The second-order valence-corrected chi connectivity index (χ2v) is 8.37. The fraction of sp³-hybridized carbons (Fsp3) is 0.400. The average molecular weight is 394 g/mol. The van der Waals surface area contributed by atoms with Crippen LogP contribution in [0.5, 0.6) is 0 Å². The molecule has 0 aliphatic carbocycles. The summed E-state index contributed by atoms with van der Waals surface area (Å²) in [6, 6.07) is 16.8. The molecule has 0 bridgehead atoms. The Bertz CT molecular complexity index is 562. The zero-order chi connectivity index (χ0) is 18.8. The quantitative estimate of drug-likeness (QED) is 0.480. The van der Waals surface area contributed by atoms with E-state index in [4.69, 9.17) is 18.1 Å². The van der Waals surface area contributed by atoms with Crippen molar-refractivity contribution in [3.8, 4) is 11.1 Å². The van der Waals surface area contributed by atoms with Gasteiger partial charge >= 0.3 is 0 Å². The number of hydrogen-bond donors (Lipinski definition) is 0. The Morgan fingerprint density at radius 1 is 0.500 bits per heavy atom. The Hall–Kier alpha value is -0.860. The lowest BCUT2D eigenvalue weighted by atomic mass is 10.1. The number of hydrogen-bond acceptors (Lipinski definition) is 4. The first-order valence-electron chi connectivity index (χ1n) is 9.05. The molecule has 4 nitrogen and oxygen atoms in total. The molecule has 0 spiro atoms. The van der Waals surface area contributed by atoms with Crippen LogP contribution >= 0.6 is 16.8 Å². The molecule has 2 aromatic rings. The molecule has 0 fully saturated rings. The summed E-state index contributed by atoms with van der Waals surface area (Å²) in [6.45, 7) is 10.6. The summed E-state index contributed by atoms with van der Waals surface area (Å²) in [5, 5.41) is 2.19. The molecule has 6 heteroatoms. The monoisotopic (exact) mass is 394 g/mol. The Kier molecular flexibility index (Phi) is 9.71. The molecule has 0 N–H and O–H groups in total. The molecule has 0 saturated carbocycles. The lowest BCUT2D eigenvalue weighted by Gasteiger charge is -2.17. The van der Waals surface area contributed by atoms with E-state index >= 15 is 0 Å². The summed E-state index contributed by atoms with van der Waals surface area (Å²) >= 11 is 0. The van der Waals surface area contributed by atoms with Gasteiger partial charge in [-0.15, -0.1) is 0 Å². The van der Waals surface area contributed by atoms with Crippen molar-refractivity contribution in [3.05, 3.63) is 48.5 Å². The van der Waals surface area contributed by atoms with Crippen LogP contribution in [0.15, 0.2) is 48.5 Å². The Labute approximate surface area is 159 Å². The van der Waals surface area contributed by atoms with Gasteiger partial charge < -0.3 is 18.1 Å². The number of benzene rings is 2. The van der Waals surface area contributed by atoms with E-state index < -0.39 is 16.8 Å². The second-order valence-electron chi connectivity index (χ2n) is 5.28. The summed E-state index contributed by atoms with van der Waals surface area (Å²) in [6.07, 6.45) is 0. The summed E-state index contributed by atoms with van der Waals surface area (Å²) in [5.41, 5.74) is 2.33. The lowest BCUT2D eigenvalue weighted by molar-refractivity contribution is 0.277. The van der Waals surface area contributed by atoms with E-state index in [0.29, 0.717) is 26.4 Å². The van der Waals surface area contributed by atoms with Crippen LogP contribution in [0, 0.1) is 0 Å². The van der Waals surface area contributed by atoms with Gasteiger partial charge in [0.25, 0.3) is 0 Å². The fourth-order valence-electron chi connectivity index (χ4n) is 2.39. The topological polar surface area (TPSA) is 36.9 Å². The molecule has 0 amide bonds. The van der Waals surface area contributed by atoms with Crippen LogP contribution in [0.4, 0.5) is 0 Å². The van der Waals surface area contributed by atoms with E-state index in [2.05, 4.69) is 48.5 Å². The van der Waals surface area contributed by atoms with Crippen molar-refractivity contribution in [1.29, 1.82) is 0 Å². The molecule has 0 atom stereocenters. The SMILES string of the molecule is CCOP(OCC)c1ccc(-c2ccc(P(OCC)OCC)cc2)cc1. The molecule has 2 aromatic carbocycles. The van der Waals surface area contributed by atoms with Gasteiger partial charge in [0.15, 0.2) is 0 Å². The molecule has 0 unspecified atom stereocenters. The Balaban J connectivity index is 2.13. The number of rotatable bonds is 11. The summed E-state index contributed by atoms with van der Waals surface area (Å²) in [4.78, 5) is 0. The zero-order valence-electron chi connectivity index (χ0n) is 16.0. The fourth-order valence-corrected chi connectivity index (χ4v) is 4.86. The van der Waals surface area contributed by atoms with E-state index in [1.165, 1.54) is 11.1 Å². The van der Waals surface area contributed by atoms with Gasteiger partial charge in [0, 0.05) is 10.6 Å². The van der Waals surface area contributed by atoms with Gasteiger partial charge in [-0.1, -0.05) is 24.3 Å². The van der Waals surface area contributed by atoms with Crippen LogP contribution in [-0.2, 0) is 18.1 Å². The van der Waals surface area contributed by atoms with E-state index in [-0.39, 0.29) is 0 Å². The predicted molar refractivity (Wildman–Crippen MR) is 111 cm³/mol. The van der Waals surface area contributed by atoms with E-state index in [1.54, 1.807) is 0 Å². The predicted octanol–water partition coefficient (Wildman–Crippen LogP) is 5.37. The van der Waals surface area contributed by atoms with E-state index in [0.717, 1.165) is 10.6 Å². The molecule has 0 saturated heterocycles. The van der Waals surface area contributed by atoms with Crippen molar-refractivity contribution in [2.24, 2.45) is 0 Å². The molecule has 0 aliphatic heterocycles. The third-order valence-corrected chi connectivity index (χ3v) is 6.89. The minimum absolute atomic E-state index is 0.650. The van der Waals surface area contributed by atoms with E-state index in [1.807, 2.05) is 27.7 Å². The highest BCUT2D eigenvalue weighted by molar-refractivity contribution is 7.56. The molecule has 0 aliphatic rings. The normalized spacial score (nSPS) is 11.5. The Morgan fingerprint density at radius 3 is 1.00 bits per heavy atom. The maximum absolute atomic E-state index is 5.72. The highest BCUT2D eigenvalue weighted by Gasteiger charge is 2.14.